The van der Waals surface area contributed by atoms with Crippen molar-refractivity contribution in [3.63, 3.8) is 0 Å². The van der Waals surface area contributed by atoms with Crippen molar-refractivity contribution in [2.75, 3.05) is 13.7 Å². The number of para-hydroxylation sites is 1. The Balaban J connectivity index is 2.07. The maximum atomic E-state index is 10.2. The van der Waals surface area contributed by atoms with Crippen molar-refractivity contribution < 1.29 is 14.6 Å². The molecule has 2 aromatic carbocycles. The summed E-state index contributed by atoms with van der Waals surface area (Å²) in [5.41, 5.74) is 0.617. The second-order valence-electron chi connectivity index (χ2n) is 4.03. The van der Waals surface area contributed by atoms with E-state index in [0.29, 0.717) is 22.1 Å². The fourth-order valence-electron chi connectivity index (χ4n) is 1.75. The van der Waals surface area contributed by atoms with Crippen LogP contribution in [0, 0.1) is 0 Å². The molecule has 19 heavy (non-hydrogen) atoms. The highest BCUT2D eigenvalue weighted by Crippen LogP contribution is 2.28. The van der Waals surface area contributed by atoms with Gasteiger partial charge in [0, 0.05) is 10.6 Å². The fraction of sp³-hybridized carbons (Fsp3) is 0.200. The SMILES string of the molecule is COc1ccc(Cl)cc1C(O)COc1ccccc1. The maximum Gasteiger partial charge on any atom is 0.124 e. The minimum atomic E-state index is -0.797. The lowest BCUT2D eigenvalue weighted by molar-refractivity contribution is 0.106. The normalized spacial score (nSPS) is 11.9. The van der Waals surface area contributed by atoms with Crippen LogP contribution >= 0.6 is 11.6 Å². The van der Waals surface area contributed by atoms with Crippen molar-refractivity contribution in [3.05, 3.63) is 59.1 Å². The highest BCUT2D eigenvalue weighted by molar-refractivity contribution is 6.30. The molecule has 100 valence electrons. The van der Waals surface area contributed by atoms with Crippen molar-refractivity contribution in [2.24, 2.45) is 0 Å². The summed E-state index contributed by atoms with van der Waals surface area (Å²) in [6.07, 6.45) is -0.797. The highest BCUT2D eigenvalue weighted by Gasteiger charge is 2.14. The van der Waals surface area contributed by atoms with E-state index in [1.807, 2.05) is 30.3 Å². The first kappa shape index (κ1) is 13.7. The molecule has 0 fully saturated rings. The summed E-state index contributed by atoms with van der Waals surface area (Å²) >= 11 is 5.93. The number of hydrogen-bond acceptors (Lipinski definition) is 3. The largest absolute Gasteiger partial charge is 0.496 e. The topological polar surface area (TPSA) is 38.7 Å². The molecule has 2 aromatic rings. The smallest absolute Gasteiger partial charge is 0.124 e. The van der Waals surface area contributed by atoms with E-state index in [-0.39, 0.29) is 6.61 Å². The van der Waals surface area contributed by atoms with Crippen molar-refractivity contribution in [1.29, 1.82) is 0 Å². The Kier molecular flexibility index (Phi) is 4.66. The second-order valence-corrected chi connectivity index (χ2v) is 4.46. The summed E-state index contributed by atoms with van der Waals surface area (Å²) in [6.45, 7) is 0.140. The van der Waals surface area contributed by atoms with Gasteiger partial charge in [0.15, 0.2) is 0 Å². The van der Waals surface area contributed by atoms with E-state index in [2.05, 4.69) is 0 Å². The number of halogens is 1. The quantitative estimate of drug-likeness (QED) is 0.910. The van der Waals surface area contributed by atoms with Gasteiger partial charge in [-0.3, -0.25) is 0 Å². The first-order valence-electron chi connectivity index (χ1n) is 5.90. The Bertz CT molecular complexity index is 528. The molecule has 0 aliphatic heterocycles. The van der Waals surface area contributed by atoms with Crippen LogP contribution in [0.25, 0.3) is 0 Å². The molecule has 0 amide bonds. The molecule has 1 N–H and O–H groups in total. The van der Waals surface area contributed by atoms with Crippen LogP contribution in [-0.4, -0.2) is 18.8 Å². The number of benzene rings is 2. The number of methoxy groups -OCH3 is 1. The van der Waals surface area contributed by atoms with Crippen molar-refractivity contribution in [2.45, 2.75) is 6.10 Å². The summed E-state index contributed by atoms with van der Waals surface area (Å²) in [7, 11) is 1.55. The standard InChI is InChI=1S/C15H15ClO3/c1-18-15-8-7-11(16)9-13(15)14(17)10-19-12-5-3-2-4-6-12/h2-9,14,17H,10H2,1H3. The molecule has 1 atom stereocenters. The van der Waals surface area contributed by atoms with Crippen LogP contribution in [-0.2, 0) is 0 Å². The van der Waals surface area contributed by atoms with Crippen LogP contribution in [0.5, 0.6) is 11.5 Å². The fourth-order valence-corrected chi connectivity index (χ4v) is 1.93. The van der Waals surface area contributed by atoms with Gasteiger partial charge in [0.25, 0.3) is 0 Å². The molecule has 0 heterocycles. The average Bonchev–Trinajstić information content (AvgIpc) is 2.46. The van der Waals surface area contributed by atoms with Crippen molar-refractivity contribution in [3.8, 4) is 11.5 Å². The lowest BCUT2D eigenvalue weighted by atomic mass is 10.1. The summed E-state index contributed by atoms with van der Waals surface area (Å²) < 4.78 is 10.7. The van der Waals surface area contributed by atoms with Gasteiger partial charge in [0.2, 0.25) is 0 Å². The molecule has 4 heteroatoms. The molecule has 0 bridgehead atoms. The summed E-state index contributed by atoms with van der Waals surface area (Å²) in [5, 5.41) is 10.7. The zero-order chi connectivity index (χ0) is 13.7. The van der Waals surface area contributed by atoms with Gasteiger partial charge < -0.3 is 14.6 Å². The first-order valence-corrected chi connectivity index (χ1v) is 6.28. The molecular weight excluding hydrogens is 264 g/mol. The molecule has 0 saturated heterocycles. The monoisotopic (exact) mass is 278 g/mol. The average molecular weight is 279 g/mol. The Morgan fingerprint density at radius 3 is 2.58 bits per heavy atom. The minimum absolute atomic E-state index is 0.140. The van der Waals surface area contributed by atoms with Gasteiger partial charge in [-0.15, -0.1) is 0 Å². The molecule has 3 nitrogen and oxygen atoms in total. The van der Waals surface area contributed by atoms with Crippen LogP contribution in [0.1, 0.15) is 11.7 Å². The number of aliphatic hydroxyl groups excluding tert-OH is 1. The van der Waals surface area contributed by atoms with E-state index in [9.17, 15) is 5.11 Å². The third-order valence-electron chi connectivity index (χ3n) is 2.70. The predicted octanol–water partition coefficient (Wildman–Crippen LogP) is 3.46. The molecule has 0 spiro atoms. The molecule has 0 aliphatic carbocycles. The number of rotatable bonds is 5. The number of aliphatic hydroxyl groups is 1. The van der Waals surface area contributed by atoms with Crippen LogP contribution in [0.2, 0.25) is 5.02 Å². The van der Waals surface area contributed by atoms with Gasteiger partial charge in [-0.1, -0.05) is 29.8 Å². The second kappa shape index (κ2) is 6.45. The molecule has 0 radical (unpaired) electrons. The van der Waals surface area contributed by atoms with E-state index in [4.69, 9.17) is 21.1 Å². The van der Waals surface area contributed by atoms with E-state index in [0.717, 1.165) is 0 Å². The maximum absolute atomic E-state index is 10.2. The minimum Gasteiger partial charge on any atom is -0.496 e. The highest BCUT2D eigenvalue weighted by atomic mass is 35.5. The third kappa shape index (κ3) is 3.63. The molecule has 0 aromatic heterocycles. The van der Waals surface area contributed by atoms with Crippen molar-refractivity contribution in [1.82, 2.24) is 0 Å². The van der Waals surface area contributed by atoms with Gasteiger partial charge in [-0.25, -0.2) is 0 Å². The Morgan fingerprint density at radius 1 is 1.16 bits per heavy atom. The van der Waals surface area contributed by atoms with Crippen LogP contribution in [0.4, 0.5) is 0 Å². The zero-order valence-electron chi connectivity index (χ0n) is 10.5. The molecule has 2 rings (SSSR count). The zero-order valence-corrected chi connectivity index (χ0v) is 11.3. The predicted molar refractivity (Wildman–Crippen MR) is 74.9 cm³/mol. The molecule has 0 aliphatic rings. The van der Waals surface area contributed by atoms with Gasteiger partial charge in [-0.2, -0.15) is 0 Å². The lowest BCUT2D eigenvalue weighted by Gasteiger charge is -2.16. The molecule has 1 unspecified atom stereocenters. The van der Waals surface area contributed by atoms with E-state index in [1.54, 1.807) is 25.3 Å². The first-order chi connectivity index (χ1) is 9.20. The Morgan fingerprint density at radius 2 is 1.89 bits per heavy atom. The third-order valence-corrected chi connectivity index (χ3v) is 2.94. The summed E-state index contributed by atoms with van der Waals surface area (Å²) in [5.74, 6) is 1.30. The van der Waals surface area contributed by atoms with Gasteiger partial charge in [-0.05, 0) is 30.3 Å². The van der Waals surface area contributed by atoms with Gasteiger partial charge >= 0.3 is 0 Å². The Hall–Kier alpha value is -1.71. The van der Waals surface area contributed by atoms with Crippen LogP contribution in [0.3, 0.4) is 0 Å². The van der Waals surface area contributed by atoms with Crippen molar-refractivity contribution >= 4 is 11.6 Å². The summed E-state index contributed by atoms with van der Waals surface area (Å²) in [6, 6.07) is 14.5. The van der Waals surface area contributed by atoms with E-state index in [1.165, 1.54) is 0 Å². The number of ether oxygens (including phenoxy) is 2. The Labute approximate surface area is 117 Å². The number of hydrogen-bond donors (Lipinski definition) is 1. The lowest BCUT2D eigenvalue weighted by Crippen LogP contribution is -2.10. The van der Waals surface area contributed by atoms with E-state index >= 15 is 0 Å². The van der Waals surface area contributed by atoms with Crippen LogP contribution in [0.15, 0.2) is 48.5 Å². The van der Waals surface area contributed by atoms with Crippen LogP contribution < -0.4 is 9.47 Å². The van der Waals surface area contributed by atoms with Gasteiger partial charge in [0.05, 0.1) is 7.11 Å². The summed E-state index contributed by atoms with van der Waals surface area (Å²) in [4.78, 5) is 0. The van der Waals surface area contributed by atoms with E-state index < -0.39 is 6.10 Å². The molecule has 0 saturated carbocycles. The van der Waals surface area contributed by atoms with Gasteiger partial charge in [0.1, 0.15) is 24.2 Å². The molecular formula is C15H15ClO3.